The average Bonchev–Trinajstić information content (AvgIpc) is 2.35. The molecule has 0 fully saturated rings. The number of nitrogen functional groups attached to an aromatic ring is 1. The number of rotatable bonds is 1. The lowest BCUT2D eigenvalue weighted by molar-refractivity contribution is -0.141. The van der Waals surface area contributed by atoms with Gasteiger partial charge in [-0.25, -0.2) is 0 Å². The molecule has 3 nitrogen and oxygen atoms in total. The van der Waals surface area contributed by atoms with Gasteiger partial charge >= 0.3 is 6.18 Å². The first-order valence-electron chi connectivity index (χ1n) is 5.25. The van der Waals surface area contributed by atoms with Crippen molar-refractivity contribution in [3.8, 4) is 11.3 Å². The number of pyridine rings is 2. The molecular formula is C12H9ClF3N3. The summed E-state index contributed by atoms with van der Waals surface area (Å²) < 4.78 is 37.2. The van der Waals surface area contributed by atoms with E-state index in [-0.39, 0.29) is 0 Å². The number of alkyl halides is 3. The van der Waals surface area contributed by atoms with Gasteiger partial charge in [0.05, 0.1) is 16.4 Å². The van der Waals surface area contributed by atoms with Crippen molar-refractivity contribution in [2.75, 3.05) is 5.73 Å². The molecule has 0 aliphatic heterocycles. The summed E-state index contributed by atoms with van der Waals surface area (Å²) in [7, 11) is 0. The number of hydrogen-bond donors (Lipinski definition) is 1. The Balaban J connectivity index is 2.46. The van der Waals surface area contributed by atoms with E-state index in [1.807, 2.05) is 0 Å². The standard InChI is InChI=1S/C12H9ClF3N3/c1-6-10(17)8(13)5-19-11(6)7-2-3-9(18-4-7)12(14,15)16/h2-5H,1H3,(H2,17,19). The van der Waals surface area contributed by atoms with Crippen LogP contribution in [0.2, 0.25) is 5.02 Å². The minimum atomic E-state index is -4.46. The fraction of sp³-hybridized carbons (Fsp3) is 0.167. The monoisotopic (exact) mass is 287 g/mol. The summed E-state index contributed by atoms with van der Waals surface area (Å²) in [5.41, 5.74) is 6.67. The van der Waals surface area contributed by atoms with Gasteiger partial charge < -0.3 is 5.73 Å². The Hall–Kier alpha value is -1.82. The van der Waals surface area contributed by atoms with Crippen molar-refractivity contribution >= 4 is 17.3 Å². The maximum Gasteiger partial charge on any atom is 0.433 e. The summed E-state index contributed by atoms with van der Waals surface area (Å²) in [6, 6.07) is 2.21. The molecule has 2 N–H and O–H groups in total. The highest BCUT2D eigenvalue weighted by Gasteiger charge is 2.32. The Bertz CT molecular complexity index is 609. The minimum absolute atomic E-state index is 0.307. The van der Waals surface area contributed by atoms with Crippen LogP contribution in [0.3, 0.4) is 0 Å². The zero-order valence-electron chi connectivity index (χ0n) is 9.79. The average molecular weight is 288 g/mol. The zero-order valence-corrected chi connectivity index (χ0v) is 10.5. The number of nitrogens with zero attached hydrogens (tertiary/aromatic N) is 2. The van der Waals surface area contributed by atoms with Gasteiger partial charge in [-0.1, -0.05) is 11.6 Å². The molecule has 0 aliphatic rings. The van der Waals surface area contributed by atoms with Gasteiger partial charge in [-0.3, -0.25) is 9.97 Å². The first-order valence-corrected chi connectivity index (χ1v) is 5.62. The summed E-state index contributed by atoms with van der Waals surface area (Å²) in [5.74, 6) is 0. The van der Waals surface area contributed by atoms with Crippen molar-refractivity contribution in [3.63, 3.8) is 0 Å². The van der Waals surface area contributed by atoms with Crippen LogP contribution < -0.4 is 5.73 Å². The van der Waals surface area contributed by atoms with E-state index in [4.69, 9.17) is 17.3 Å². The van der Waals surface area contributed by atoms with Crippen LogP contribution in [0.4, 0.5) is 18.9 Å². The van der Waals surface area contributed by atoms with Gasteiger partial charge in [0, 0.05) is 18.0 Å². The predicted octanol–water partition coefficient (Wildman–Crippen LogP) is 3.71. The SMILES string of the molecule is Cc1c(-c2ccc(C(F)(F)F)nc2)ncc(Cl)c1N. The van der Waals surface area contributed by atoms with Crippen LogP contribution in [-0.2, 0) is 6.18 Å². The molecule has 0 aliphatic carbocycles. The first-order chi connectivity index (χ1) is 8.80. The third-order valence-electron chi connectivity index (χ3n) is 2.65. The topological polar surface area (TPSA) is 51.8 Å². The summed E-state index contributed by atoms with van der Waals surface area (Å²) in [6.45, 7) is 1.70. The second-order valence-electron chi connectivity index (χ2n) is 3.92. The Labute approximate surface area is 112 Å². The molecule has 0 amide bonds. The normalized spacial score (nSPS) is 11.6. The van der Waals surface area contributed by atoms with Crippen molar-refractivity contribution in [2.45, 2.75) is 13.1 Å². The largest absolute Gasteiger partial charge is 0.433 e. The summed E-state index contributed by atoms with van der Waals surface area (Å²) in [4.78, 5) is 7.45. The van der Waals surface area contributed by atoms with Gasteiger partial charge in [0.1, 0.15) is 5.69 Å². The molecule has 7 heteroatoms. The van der Waals surface area contributed by atoms with Crippen molar-refractivity contribution in [1.29, 1.82) is 0 Å². The van der Waals surface area contributed by atoms with E-state index >= 15 is 0 Å². The number of anilines is 1. The number of aromatic nitrogens is 2. The molecule has 19 heavy (non-hydrogen) atoms. The highest BCUT2D eigenvalue weighted by Crippen LogP contribution is 2.31. The molecule has 2 rings (SSSR count). The third kappa shape index (κ3) is 2.63. The van der Waals surface area contributed by atoms with E-state index < -0.39 is 11.9 Å². The Kier molecular flexibility index (Phi) is 3.36. The maximum atomic E-state index is 12.4. The number of nitrogens with two attached hydrogens (primary N) is 1. The molecule has 0 saturated heterocycles. The molecule has 0 bridgehead atoms. The lowest BCUT2D eigenvalue weighted by atomic mass is 10.1. The smallest absolute Gasteiger partial charge is 0.397 e. The van der Waals surface area contributed by atoms with Crippen LogP contribution >= 0.6 is 11.6 Å². The molecule has 100 valence electrons. The highest BCUT2D eigenvalue weighted by atomic mass is 35.5. The Morgan fingerprint density at radius 2 is 1.84 bits per heavy atom. The molecule has 0 spiro atoms. The third-order valence-corrected chi connectivity index (χ3v) is 2.95. The van der Waals surface area contributed by atoms with Crippen LogP contribution in [0.1, 0.15) is 11.3 Å². The summed E-state index contributed by atoms with van der Waals surface area (Å²) >= 11 is 5.81. The molecule has 0 radical (unpaired) electrons. The zero-order chi connectivity index (χ0) is 14.2. The van der Waals surface area contributed by atoms with Crippen LogP contribution in [0.5, 0.6) is 0 Å². The number of hydrogen-bond acceptors (Lipinski definition) is 3. The molecule has 0 unspecified atom stereocenters. The highest BCUT2D eigenvalue weighted by molar-refractivity contribution is 6.33. The van der Waals surface area contributed by atoms with Gasteiger partial charge in [0.25, 0.3) is 0 Å². The molecule has 0 atom stereocenters. The van der Waals surface area contributed by atoms with Gasteiger partial charge in [0.15, 0.2) is 0 Å². The van der Waals surface area contributed by atoms with Gasteiger partial charge in [-0.2, -0.15) is 13.2 Å². The van der Waals surface area contributed by atoms with E-state index in [1.54, 1.807) is 6.92 Å². The van der Waals surface area contributed by atoms with Crippen LogP contribution in [0, 0.1) is 6.92 Å². The molecule has 0 aromatic carbocycles. The molecule has 2 aromatic rings. The second kappa shape index (κ2) is 4.70. The van der Waals surface area contributed by atoms with E-state index in [9.17, 15) is 13.2 Å². The quantitative estimate of drug-likeness (QED) is 0.870. The van der Waals surface area contributed by atoms with E-state index in [1.165, 1.54) is 12.3 Å². The van der Waals surface area contributed by atoms with Gasteiger partial charge in [-0.05, 0) is 24.6 Å². The van der Waals surface area contributed by atoms with E-state index in [0.29, 0.717) is 27.5 Å². The van der Waals surface area contributed by atoms with Crippen molar-refractivity contribution < 1.29 is 13.2 Å². The maximum absolute atomic E-state index is 12.4. The van der Waals surface area contributed by atoms with E-state index in [0.717, 1.165) is 12.3 Å². The van der Waals surface area contributed by atoms with Crippen molar-refractivity contribution in [3.05, 3.63) is 40.8 Å². The van der Waals surface area contributed by atoms with Crippen LogP contribution in [-0.4, -0.2) is 9.97 Å². The van der Waals surface area contributed by atoms with Gasteiger partial charge in [-0.15, -0.1) is 0 Å². The van der Waals surface area contributed by atoms with E-state index in [2.05, 4.69) is 9.97 Å². The fourth-order valence-electron chi connectivity index (χ4n) is 1.59. The van der Waals surface area contributed by atoms with Crippen molar-refractivity contribution in [1.82, 2.24) is 9.97 Å². The van der Waals surface area contributed by atoms with Crippen LogP contribution in [0.15, 0.2) is 24.5 Å². The van der Waals surface area contributed by atoms with Crippen molar-refractivity contribution in [2.24, 2.45) is 0 Å². The predicted molar refractivity (Wildman–Crippen MR) is 66.6 cm³/mol. The lowest BCUT2D eigenvalue weighted by Crippen LogP contribution is -2.07. The Morgan fingerprint density at radius 3 is 2.37 bits per heavy atom. The molecule has 0 saturated carbocycles. The molecule has 2 aromatic heterocycles. The lowest BCUT2D eigenvalue weighted by Gasteiger charge is -2.10. The minimum Gasteiger partial charge on any atom is -0.397 e. The fourth-order valence-corrected chi connectivity index (χ4v) is 1.78. The second-order valence-corrected chi connectivity index (χ2v) is 4.33. The number of halogens is 4. The molecule has 2 heterocycles. The van der Waals surface area contributed by atoms with Crippen LogP contribution in [0.25, 0.3) is 11.3 Å². The summed E-state index contributed by atoms with van der Waals surface area (Å²) in [5, 5.41) is 0.307. The molecular weight excluding hydrogens is 279 g/mol. The summed E-state index contributed by atoms with van der Waals surface area (Å²) in [6.07, 6.45) is -1.98. The Morgan fingerprint density at radius 1 is 1.16 bits per heavy atom. The first kappa shape index (κ1) is 13.6. The van der Waals surface area contributed by atoms with Gasteiger partial charge in [0.2, 0.25) is 0 Å².